The first-order valence-electron chi connectivity index (χ1n) is 12.6. The molecule has 2 rings (SSSR count). The maximum atomic E-state index is 13.4. The predicted molar refractivity (Wildman–Crippen MR) is 137 cm³/mol. The van der Waals surface area contributed by atoms with Crippen LogP contribution in [0.25, 0.3) is 0 Å². The first-order valence-corrected chi connectivity index (χ1v) is 12.6. The number of primary amides is 1. The average Bonchev–Trinajstić information content (AvgIpc) is 2.84. The second kappa shape index (κ2) is 15.3. The van der Waals surface area contributed by atoms with Crippen LogP contribution in [0.3, 0.4) is 0 Å². The summed E-state index contributed by atoms with van der Waals surface area (Å²) in [6, 6.07) is 15.9. The number of benzene rings is 2. The van der Waals surface area contributed by atoms with Gasteiger partial charge in [0.1, 0.15) is 5.82 Å². The molecule has 1 unspecified atom stereocenters. The van der Waals surface area contributed by atoms with Crippen LogP contribution >= 0.6 is 0 Å². The second-order valence-electron chi connectivity index (χ2n) is 9.11. The topological polar surface area (TPSA) is 95.7 Å². The highest BCUT2D eigenvalue weighted by atomic mass is 19.1. The van der Waals surface area contributed by atoms with E-state index >= 15 is 0 Å². The van der Waals surface area contributed by atoms with Crippen LogP contribution in [-0.2, 0) is 22.6 Å². The molecule has 0 spiro atoms. The van der Waals surface area contributed by atoms with Crippen LogP contribution in [0.5, 0.6) is 0 Å². The van der Waals surface area contributed by atoms with E-state index in [1.54, 1.807) is 12.1 Å². The molecule has 0 radical (unpaired) electrons. The Kier molecular flexibility index (Phi) is 12.4. The van der Waals surface area contributed by atoms with Gasteiger partial charge in [0.05, 0.1) is 6.10 Å². The molecule has 2 aromatic carbocycles. The molecule has 0 heterocycles. The number of carbonyl (C=O) groups excluding carboxylic acids is 2. The smallest absolute Gasteiger partial charge is 0.222 e. The minimum Gasteiger partial charge on any atom is -0.391 e. The Balaban J connectivity index is 2.14. The first-order chi connectivity index (χ1) is 16.8. The summed E-state index contributed by atoms with van der Waals surface area (Å²) in [4.78, 5) is 27.2. The van der Waals surface area contributed by atoms with Gasteiger partial charge in [-0.3, -0.25) is 9.59 Å². The molecule has 4 N–H and O–H groups in total. The third-order valence-electron chi connectivity index (χ3n) is 6.30. The van der Waals surface area contributed by atoms with Gasteiger partial charge in [-0.05, 0) is 48.9 Å². The van der Waals surface area contributed by atoms with Crippen LogP contribution in [0.15, 0.2) is 54.6 Å². The summed E-state index contributed by atoms with van der Waals surface area (Å²) in [5, 5.41) is 14.4. The third kappa shape index (κ3) is 9.78. The van der Waals surface area contributed by atoms with Gasteiger partial charge >= 0.3 is 0 Å². The molecule has 0 aliphatic carbocycles. The van der Waals surface area contributed by atoms with E-state index in [2.05, 4.69) is 5.32 Å². The van der Waals surface area contributed by atoms with Crippen molar-refractivity contribution >= 4 is 11.8 Å². The Morgan fingerprint density at radius 1 is 1.00 bits per heavy atom. The fourth-order valence-electron chi connectivity index (χ4n) is 4.46. The number of aliphatic hydroxyl groups is 1. The number of hydrogen-bond acceptors (Lipinski definition) is 4. The van der Waals surface area contributed by atoms with E-state index in [9.17, 15) is 19.1 Å². The Hall–Kier alpha value is -2.77. The van der Waals surface area contributed by atoms with Crippen molar-refractivity contribution in [2.75, 3.05) is 19.6 Å². The highest BCUT2D eigenvalue weighted by Crippen LogP contribution is 2.26. The molecule has 3 atom stereocenters. The monoisotopic (exact) mass is 485 g/mol. The molecule has 35 heavy (non-hydrogen) atoms. The number of rotatable bonds is 16. The number of carbonyl (C=O) groups is 2. The van der Waals surface area contributed by atoms with Gasteiger partial charge in [0, 0.05) is 44.4 Å². The molecule has 0 aliphatic rings. The van der Waals surface area contributed by atoms with Crippen molar-refractivity contribution in [2.24, 2.45) is 17.6 Å². The number of amides is 2. The van der Waals surface area contributed by atoms with E-state index in [0.29, 0.717) is 26.1 Å². The van der Waals surface area contributed by atoms with Gasteiger partial charge < -0.3 is 21.1 Å². The highest BCUT2D eigenvalue weighted by molar-refractivity contribution is 5.80. The van der Waals surface area contributed by atoms with Gasteiger partial charge in [0.2, 0.25) is 11.8 Å². The van der Waals surface area contributed by atoms with E-state index in [-0.39, 0.29) is 31.1 Å². The maximum absolute atomic E-state index is 13.4. The Morgan fingerprint density at radius 3 is 2.20 bits per heavy atom. The molecule has 2 aromatic rings. The summed E-state index contributed by atoms with van der Waals surface area (Å²) in [5.41, 5.74) is 7.68. The predicted octanol–water partition coefficient (Wildman–Crippen LogP) is 3.67. The quantitative estimate of drug-likeness (QED) is 0.338. The van der Waals surface area contributed by atoms with Gasteiger partial charge in [-0.15, -0.1) is 0 Å². The lowest BCUT2D eigenvalue weighted by molar-refractivity contribution is -0.132. The SMILES string of the molecule is CCCN(CCC)C(=O)CCC(C(N)=O)[C@H](Cc1ccc(F)cc1)[C@@H](O)CNCc1ccccc1. The van der Waals surface area contributed by atoms with Crippen molar-refractivity contribution in [3.8, 4) is 0 Å². The number of halogens is 1. The number of nitrogens with one attached hydrogen (secondary N) is 1. The lowest BCUT2D eigenvalue weighted by Gasteiger charge is -2.30. The van der Waals surface area contributed by atoms with Crippen LogP contribution in [0.2, 0.25) is 0 Å². The molecule has 0 saturated carbocycles. The molecule has 0 saturated heterocycles. The lowest BCUT2D eigenvalue weighted by Crippen LogP contribution is -2.43. The van der Waals surface area contributed by atoms with Gasteiger partial charge in [-0.25, -0.2) is 4.39 Å². The molecule has 7 heteroatoms. The number of aliphatic hydroxyl groups excluding tert-OH is 1. The molecular weight excluding hydrogens is 445 g/mol. The fourth-order valence-corrected chi connectivity index (χ4v) is 4.46. The van der Waals surface area contributed by atoms with Crippen LogP contribution in [0, 0.1) is 17.7 Å². The van der Waals surface area contributed by atoms with Gasteiger partial charge in [0.15, 0.2) is 0 Å². The number of hydrogen-bond donors (Lipinski definition) is 3. The summed E-state index contributed by atoms with van der Waals surface area (Å²) in [7, 11) is 0. The van der Waals surface area contributed by atoms with Crippen molar-refractivity contribution in [1.82, 2.24) is 10.2 Å². The summed E-state index contributed by atoms with van der Waals surface area (Å²) >= 11 is 0. The van der Waals surface area contributed by atoms with E-state index in [1.165, 1.54) is 12.1 Å². The molecule has 0 fully saturated rings. The molecule has 192 valence electrons. The van der Waals surface area contributed by atoms with Crippen LogP contribution < -0.4 is 11.1 Å². The zero-order valence-corrected chi connectivity index (χ0v) is 21.0. The van der Waals surface area contributed by atoms with Gasteiger partial charge in [-0.2, -0.15) is 0 Å². The maximum Gasteiger partial charge on any atom is 0.222 e. The summed E-state index contributed by atoms with van der Waals surface area (Å²) in [5.74, 6) is -2.09. The molecule has 2 amide bonds. The molecule has 0 bridgehead atoms. The Bertz CT molecular complexity index is 886. The average molecular weight is 486 g/mol. The normalized spacial score (nSPS) is 13.7. The number of nitrogens with zero attached hydrogens (tertiary/aromatic N) is 1. The molecule has 0 aliphatic heterocycles. The van der Waals surface area contributed by atoms with Crippen molar-refractivity contribution in [1.29, 1.82) is 0 Å². The van der Waals surface area contributed by atoms with E-state index in [0.717, 1.165) is 24.0 Å². The summed E-state index contributed by atoms with van der Waals surface area (Å²) in [6.45, 7) is 6.25. The largest absolute Gasteiger partial charge is 0.391 e. The molecule has 6 nitrogen and oxygen atoms in total. The van der Waals surface area contributed by atoms with Crippen LogP contribution in [-0.4, -0.2) is 47.6 Å². The Labute approximate surface area is 208 Å². The molecular formula is C28H40FN3O3. The van der Waals surface area contributed by atoms with Crippen molar-refractivity contribution < 1.29 is 19.1 Å². The summed E-state index contributed by atoms with van der Waals surface area (Å²) in [6.07, 6.45) is 1.66. The first kappa shape index (κ1) is 28.5. The van der Waals surface area contributed by atoms with Crippen LogP contribution in [0.1, 0.15) is 50.7 Å². The van der Waals surface area contributed by atoms with Gasteiger partial charge in [0.25, 0.3) is 0 Å². The van der Waals surface area contributed by atoms with E-state index in [4.69, 9.17) is 5.73 Å². The van der Waals surface area contributed by atoms with Crippen molar-refractivity contribution in [2.45, 2.75) is 58.6 Å². The van der Waals surface area contributed by atoms with Crippen LogP contribution in [0.4, 0.5) is 4.39 Å². The Morgan fingerprint density at radius 2 is 1.63 bits per heavy atom. The standard InChI is InChI=1S/C28H40FN3O3/c1-3-16-32(17-4-2)27(34)15-14-24(28(30)35)25(18-21-10-12-23(29)13-11-21)26(33)20-31-19-22-8-6-5-7-9-22/h5-13,24-26,31,33H,3-4,14-20H2,1-2H3,(H2,30,35)/t24?,25-,26-/m0/s1. The second-order valence-corrected chi connectivity index (χ2v) is 9.11. The van der Waals surface area contributed by atoms with E-state index in [1.807, 2.05) is 49.1 Å². The molecule has 0 aromatic heterocycles. The van der Waals surface area contributed by atoms with Gasteiger partial charge in [-0.1, -0.05) is 56.3 Å². The zero-order valence-electron chi connectivity index (χ0n) is 21.0. The minimum absolute atomic E-state index is 0.00262. The minimum atomic E-state index is -0.876. The van der Waals surface area contributed by atoms with Crippen molar-refractivity contribution in [3.05, 3.63) is 71.5 Å². The summed E-state index contributed by atoms with van der Waals surface area (Å²) < 4.78 is 13.4. The highest BCUT2D eigenvalue weighted by Gasteiger charge is 2.33. The van der Waals surface area contributed by atoms with Crippen molar-refractivity contribution in [3.63, 3.8) is 0 Å². The lowest BCUT2D eigenvalue weighted by atomic mass is 9.79. The fraction of sp³-hybridized carbons (Fsp3) is 0.500. The number of nitrogens with two attached hydrogens (primary N) is 1. The third-order valence-corrected chi connectivity index (χ3v) is 6.30. The van der Waals surface area contributed by atoms with E-state index < -0.39 is 23.8 Å². The zero-order chi connectivity index (χ0) is 25.6.